The molecule has 0 spiro atoms. The molecule has 0 radical (unpaired) electrons. The third-order valence-electron chi connectivity index (χ3n) is 3.42. The number of aryl methyl sites for hydroxylation is 4. The first kappa shape index (κ1) is 8.10. The van der Waals surface area contributed by atoms with Gasteiger partial charge in [-0.2, -0.15) is 0 Å². The zero-order chi connectivity index (χ0) is 9.71. The van der Waals surface area contributed by atoms with Crippen molar-refractivity contribution in [1.82, 2.24) is 4.98 Å². The molecular formula is C13H15N. The van der Waals surface area contributed by atoms with Gasteiger partial charge in [-0.1, -0.05) is 12.1 Å². The lowest BCUT2D eigenvalue weighted by Crippen LogP contribution is -1.83. The monoisotopic (exact) mass is 185 g/mol. The predicted octanol–water partition coefficient (Wildman–Crippen LogP) is 3.27. The molecule has 1 nitrogen and oxygen atoms in total. The Balaban J connectivity index is 2.48. The van der Waals surface area contributed by atoms with Crippen molar-refractivity contribution in [1.29, 1.82) is 0 Å². The zero-order valence-corrected chi connectivity index (χ0v) is 8.78. The Bertz CT molecular complexity index is 505. The highest BCUT2D eigenvalue weighted by molar-refractivity contribution is 5.90. The van der Waals surface area contributed by atoms with Crippen molar-refractivity contribution >= 4 is 10.9 Å². The molecule has 14 heavy (non-hydrogen) atoms. The van der Waals surface area contributed by atoms with Crippen LogP contribution in [-0.2, 0) is 12.8 Å². The molecule has 1 aromatic heterocycles. The highest BCUT2D eigenvalue weighted by Crippen LogP contribution is 2.33. The number of nitrogens with one attached hydrogen (secondary N) is 1. The maximum absolute atomic E-state index is 3.59. The first-order valence-electron chi connectivity index (χ1n) is 5.37. The van der Waals surface area contributed by atoms with Crippen LogP contribution in [0.3, 0.4) is 0 Å². The Kier molecular flexibility index (Phi) is 1.52. The Hall–Kier alpha value is -1.24. The fraction of sp³-hybridized carbons (Fsp3) is 0.385. The van der Waals surface area contributed by atoms with Crippen molar-refractivity contribution < 1.29 is 0 Å². The highest BCUT2D eigenvalue weighted by atomic mass is 14.7. The highest BCUT2D eigenvalue weighted by Gasteiger charge is 2.18. The van der Waals surface area contributed by atoms with Crippen molar-refractivity contribution in [3.05, 3.63) is 34.5 Å². The van der Waals surface area contributed by atoms with Crippen LogP contribution in [0.1, 0.15) is 28.8 Å². The van der Waals surface area contributed by atoms with E-state index in [1.165, 1.54) is 47.0 Å². The topological polar surface area (TPSA) is 15.8 Å². The second-order valence-electron chi connectivity index (χ2n) is 4.39. The smallest absolute Gasteiger partial charge is 0.0491 e. The summed E-state index contributed by atoms with van der Waals surface area (Å²) in [6.45, 7) is 4.40. The molecule has 1 aromatic carbocycles. The number of benzene rings is 1. The number of H-pyrrole nitrogens is 1. The number of hydrogen-bond acceptors (Lipinski definition) is 0. The van der Waals surface area contributed by atoms with Gasteiger partial charge in [-0.05, 0) is 49.8 Å². The van der Waals surface area contributed by atoms with Crippen molar-refractivity contribution in [2.45, 2.75) is 33.1 Å². The van der Waals surface area contributed by atoms with E-state index < -0.39 is 0 Å². The fourth-order valence-electron chi connectivity index (χ4n) is 2.67. The Morgan fingerprint density at radius 1 is 1.07 bits per heavy atom. The summed E-state index contributed by atoms with van der Waals surface area (Å²) in [5.41, 5.74) is 7.23. The van der Waals surface area contributed by atoms with Crippen LogP contribution in [0, 0.1) is 13.8 Å². The van der Waals surface area contributed by atoms with Crippen LogP contribution in [-0.4, -0.2) is 4.98 Å². The van der Waals surface area contributed by atoms with Crippen molar-refractivity contribution in [3.8, 4) is 0 Å². The van der Waals surface area contributed by atoms with Crippen LogP contribution in [0.4, 0.5) is 0 Å². The van der Waals surface area contributed by atoms with Crippen LogP contribution in [0.25, 0.3) is 10.9 Å². The molecule has 0 atom stereocenters. The summed E-state index contributed by atoms with van der Waals surface area (Å²) in [5, 5.41) is 1.50. The van der Waals surface area contributed by atoms with E-state index in [2.05, 4.69) is 31.0 Å². The van der Waals surface area contributed by atoms with Crippen molar-refractivity contribution in [3.63, 3.8) is 0 Å². The van der Waals surface area contributed by atoms with Gasteiger partial charge in [-0.25, -0.2) is 0 Å². The van der Waals surface area contributed by atoms with E-state index in [-0.39, 0.29) is 0 Å². The molecular weight excluding hydrogens is 170 g/mol. The molecule has 1 aliphatic rings. The minimum absolute atomic E-state index is 1.24. The molecule has 0 aliphatic heterocycles. The molecule has 0 bridgehead atoms. The summed E-state index contributed by atoms with van der Waals surface area (Å²) >= 11 is 0. The molecule has 1 heteroatoms. The maximum Gasteiger partial charge on any atom is 0.0491 e. The Morgan fingerprint density at radius 3 is 2.71 bits per heavy atom. The summed E-state index contributed by atoms with van der Waals surface area (Å²) in [7, 11) is 0. The average Bonchev–Trinajstić information content (AvgIpc) is 2.70. The quantitative estimate of drug-likeness (QED) is 0.648. The third-order valence-corrected chi connectivity index (χ3v) is 3.42. The third kappa shape index (κ3) is 0.899. The SMILES string of the molecule is Cc1ccc(C)c2c3c([nH]c12)CCC3. The summed E-state index contributed by atoms with van der Waals surface area (Å²) < 4.78 is 0. The van der Waals surface area contributed by atoms with Gasteiger partial charge >= 0.3 is 0 Å². The number of fused-ring (bicyclic) bond motifs is 3. The van der Waals surface area contributed by atoms with Crippen molar-refractivity contribution in [2.24, 2.45) is 0 Å². The standard InChI is InChI=1S/C13H15N/c1-8-6-7-9(2)13-12(8)10-4-3-5-11(10)14-13/h6-7,14H,3-5H2,1-2H3. The van der Waals surface area contributed by atoms with E-state index in [4.69, 9.17) is 0 Å². The molecule has 0 fully saturated rings. The lowest BCUT2D eigenvalue weighted by Gasteiger charge is -2.01. The second kappa shape index (κ2) is 2.63. The summed E-state index contributed by atoms with van der Waals surface area (Å²) in [6.07, 6.45) is 3.83. The molecule has 1 heterocycles. The minimum Gasteiger partial charge on any atom is -0.358 e. The Morgan fingerprint density at radius 2 is 1.86 bits per heavy atom. The molecule has 0 unspecified atom stereocenters. The van der Waals surface area contributed by atoms with E-state index >= 15 is 0 Å². The molecule has 1 N–H and O–H groups in total. The molecule has 1 aliphatic carbocycles. The van der Waals surface area contributed by atoms with E-state index in [0.29, 0.717) is 0 Å². The van der Waals surface area contributed by atoms with Crippen LogP contribution in [0.5, 0.6) is 0 Å². The van der Waals surface area contributed by atoms with Crippen LogP contribution in [0.2, 0.25) is 0 Å². The maximum atomic E-state index is 3.59. The van der Waals surface area contributed by atoms with Gasteiger partial charge in [0.1, 0.15) is 0 Å². The first-order chi connectivity index (χ1) is 6.77. The average molecular weight is 185 g/mol. The van der Waals surface area contributed by atoms with Crippen LogP contribution < -0.4 is 0 Å². The van der Waals surface area contributed by atoms with E-state index in [9.17, 15) is 0 Å². The van der Waals surface area contributed by atoms with Gasteiger partial charge < -0.3 is 4.98 Å². The van der Waals surface area contributed by atoms with Gasteiger partial charge in [-0.15, -0.1) is 0 Å². The Labute approximate surface area is 84.1 Å². The normalized spacial score (nSPS) is 15.0. The number of aromatic amines is 1. The van der Waals surface area contributed by atoms with Crippen molar-refractivity contribution in [2.75, 3.05) is 0 Å². The lowest BCUT2D eigenvalue weighted by molar-refractivity contribution is 0.898. The van der Waals surface area contributed by atoms with Crippen LogP contribution >= 0.6 is 0 Å². The van der Waals surface area contributed by atoms with Gasteiger partial charge in [0.05, 0.1) is 0 Å². The van der Waals surface area contributed by atoms with Gasteiger partial charge in [0.25, 0.3) is 0 Å². The van der Waals surface area contributed by atoms with E-state index in [0.717, 1.165) is 0 Å². The summed E-state index contributed by atoms with van der Waals surface area (Å²) in [6, 6.07) is 4.45. The zero-order valence-electron chi connectivity index (χ0n) is 8.78. The second-order valence-corrected chi connectivity index (χ2v) is 4.39. The number of rotatable bonds is 0. The van der Waals surface area contributed by atoms with Gasteiger partial charge in [0.15, 0.2) is 0 Å². The van der Waals surface area contributed by atoms with Gasteiger partial charge in [0.2, 0.25) is 0 Å². The van der Waals surface area contributed by atoms with E-state index in [1.807, 2.05) is 0 Å². The largest absolute Gasteiger partial charge is 0.358 e. The number of hydrogen-bond donors (Lipinski definition) is 1. The van der Waals surface area contributed by atoms with Gasteiger partial charge in [-0.3, -0.25) is 0 Å². The summed E-state index contributed by atoms with van der Waals surface area (Å²) in [5.74, 6) is 0. The molecule has 2 aromatic rings. The molecule has 0 saturated heterocycles. The first-order valence-corrected chi connectivity index (χ1v) is 5.37. The molecule has 0 amide bonds. The van der Waals surface area contributed by atoms with Gasteiger partial charge in [0, 0.05) is 16.6 Å². The predicted molar refractivity (Wildman–Crippen MR) is 59.8 cm³/mol. The van der Waals surface area contributed by atoms with Crippen LogP contribution in [0.15, 0.2) is 12.1 Å². The lowest BCUT2D eigenvalue weighted by atomic mass is 10.0. The molecule has 0 saturated carbocycles. The molecule has 3 rings (SSSR count). The van der Waals surface area contributed by atoms with E-state index in [1.54, 1.807) is 5.56 Å². The summed E-state index contributed by atoms with van der Waals surface area (Å²) in [4.78, 5) is 3.59. The minimum atomic E-state index is 1.24. The fourth-order valence-corrected chi connectivity index (χ4v) is 2.67. The number of aromatic nitrogens is 1. The molecule has 72 valence electrons.